The average molecular weight is 488 g/mol. The molecule has 0 radical (unpaired) electrons. The largest absolute Gasteiger partial charge is 0.348 e. The summed E-state index contributed by atoms with van der Waals surface area (Å²) in [6, 6.07) is 16.1. The van der Waals surface area contributed by atoms with Crippen LogP contribution in [-0.4, -0.2) is 48.4 Å². The molecule has 11 heteroatoms. The molecular formula is C23H29N4O6P. The summed E-state index contributed by atoms with van der Waals surface area (Å²) in [7, 11) is -3.36. The van der Waals surface area contributed by atoms with E-state index >= 15 is 0 Å². The van der Waals surface area contributed by atoms with Crippen LogP contribution in [0.4, 0.5) is 15.3 Å². The third kappa shape index (κ3) is 7.23. The van der Waals surface area contributed by atoms with Gasteiger partial charge in [0.2, 0.25) is 0 Å². The molecule has 2 N–H and O–H groups in total. The van der Waals surface area contributed by atoms with E-state index in [2.05, 4.69) is 15.6 Å². The minimum absolute atomic E-state index is 0.0332. The fourth-order valence-electron chi connectivity index (χ4n) is 3.30. The van der Waals surface area contributed by atoms with Gasteiger partial charge in [-0.2, -0.15) is 10.1 Å². The molecular weight excluding hydrogens is 459 g/mol. The molecule has 2 aromatic carbocycles. The fraction of sp³-hybridized carbons (Fsp3) is 0.348. The van der Waals surface area contributed by atoms with Crippen molar-refractivity contribution >= 4 is 31.2 Å². The number of para-hydroxylation sites is 1. The van der Waals surface area contributed by atoms with Gasteiger partial charge in [0.1, 0.15) is 6.61 Å². The van der Waals surface area contributed by atoms with Crippen LogP contribution in [0.25, 0.3) is 0 Å². The van der Waals surface area contributed by atoms with Gasteiger partial charge in [-0.3, -0.25) is 9.40 Å². The van der Waals surface area contributed by atoms with Crippen LogP contribution in [0.3, 0.4) is 0 Å². The zero-order chi connectivity index (χ0) is 24.4. The topological polar surface area (TPSA) is 119 Å². The monoisotopic (exact) mass is 488 g/mol. The van der Waals surface area contributed by atoms with Crippen molar-refractivity contribution in [2.45, 2.75) is 32.9 Å². The minimum atomic E-state index is -3.36. The lowest BCUT2D eigenvalue weighted by Crippen LogP contribution is -2.34. The van der Waals surface area contributed by atoms with Crippen molar-refractivity contribution in [3.8, 4) is 0 Å². The summed E-state index contributed by atoms with van der Waals surface area (Å²) in [4.78, 5) is 35.1. The Bertz CT molecular complexity index is 1020. The molecule has 34 heavy (non-hydrogen) atoms. The third-order valence-electron chi connectivity index (χ3n) is 4.79. The van der Waals surface area contributed by atoms with Gasteiger partial charge >= 0.3 is 19.7 Å². The molecule has 0 aliphatic carbocycles. The highest BCUT2D eigenvalue weighted by Crippen LogP contribution is 2.48. The number of hydrogen-bond acceptors (Lipinski definition) is 6. The normalized spacial score (nSPS) is 17.1. The SMILES string of the molecule is CCOP(=O)(CCC1NC(=O)N(OCc2ccccc2)C1=NC(=O)Nc1ccccc1)OCC. The summed E-state index contributed by atoms with van der Waals surface area (Å²) in [6.07, 6.45) is 0.205. The van der Waals surface area contributed by atoms with Gasteiger partial charge in [0, 0.05) is 5.69 Å². The van der Waals surface area contributed by atoms with Crippen molar-refractivity contribution in [3.05, 3.63) is 66.2 Å². The van der Waals surface area contributed by atoms with Crippen molar-refractivity contribution in [2.24, 2.45) is 4.99 Å². The molecule has 0 aromatic heterocycles. The maximum atomic E-state index is 12.9. The summed E-state index contributed by atoms with van der Waals surface area (Å²) >= 11 is 0. The Morgan fingerprint density at radius 2 is 1.68 bits per heavy atom. The van der Waals surface area contributed by atoms with E-state index in [1.807, 2.05) is 36.4 Å². The summed E-state index contributed by atoms with van der Waals surface area (Å²) in [5.41, 5.74) is 1.39. The van der Waals surface area contributed by atoms with Crippen molar-refractivity contribution < 1.29 is 28.0 Å². The lowest BCUT2D eigenvalue weighted by atomic mass is 10.2. The Balaban J connectivity index is 1.79. The summed E-state index contributed by atoms with van der Waals surface area (Å²) in [6.45, 7) is 3.99. The highest BCUT2D eigenvalue weighted by Gasteiger charge is 2.39. The first-order chi connectivity index (χ1) is 16.4. The Morgan fingerprint density at radius 1 is 1.06 bits per heavy atom. The molecule has 3 rings (SSSR count). The van der Waals surface area contributed by atoms with Gasteiger partial charge < -0.3 is 19.7 Å². The zero-order valence-electron chi connectivity index (χ0n) is 19.2. The van der Waals surface area contributed by atoms with E-state index in [1.54, 1.807) is 38.1 Å². The maximum Gasteiger partial charge on any atom is 0.348 e. The van der Waals surface area contributed by atoms with Crippen molar-refractivity contribution in [2.75, 3.05) is 24.7 Å². The second kappa shape index (κ2) is 12.4. The predicted molar refractivity (Wildman–Crippen MR) is 129 cm³/mol. The zero-order valence-corrected chi connectivity index (χ0v) is 20.1. The molecule has 4 amide bonds. The van der Waals surface area contributed by atoms with Gasteiger partial charge in [0.05, 0.1) is 25.4 Å². The Kier molecular flexibility index (Phi) is 9.35. The lowest BCUT2D eigenvalue weighted by Gasteiger charge is -2.20. The quantitative estimate of drug-likeness (QED) is 0.439. The first-order valence-electron chi connectivity index (χ1n) is 11.0. The van der Waals surface area contributed by atoms with Crippen molar-refractivity contribution in [1.82, 2.24) is 10.4 Å². The number of hydrogen-bond donors (Lipinski definition) is 2. The van der Waals surface area contributed by atoms with E-state index in [0.29, 0.717) is 5.69 Å². The first kappa shape index (κ1) is 25.6. The number of hydroxylamine groups is 2. The Labute approximate surface area is 198 Å². The molecule has 182 valence electrons. The van der Waals surface area contributed by atoms with E-state index in [4.69, 9.17) is 13.9 Å². The van der Waals surface area contributed by atoms with Gasteiger partial charge in [0.25, 0.3) is 0 Å². The van der Waals surface area contributed by atoms with E-state index in [9.17, 15) is 14.2 Å². The van der Waals surface area contributed by atoms with Crippen molar-refractivity contribution in [1.29, 1.82) is 0 Å². The number of nitrogens with zero attached hydrogens (tertiary/aromatic N) is 2. The van der Waals surface area contributed by atoms with Crippen LogP contribution in [0.1, 0.15) is 25.8 Å². The summed E-state index contributed by atoms with van der Waals surface area (Å²) in [5.74, 6) is 0.0638. The van der Waals surface area contributed by atoms with E-state index < -0.39 is 25.7 Å². The van der Waals surface area contributed by atoms with Gasteiger partial charge in [-0.15, -0.1) is 0 Å². The fourth-order valence-corrected chi connectivity index (χ4v) is 5.00. The maximum absolute atomic E-state index is 12.9. The third-order valence-corrected chi connectivity index (χ3v) is 6.90. The Hall–Kier alpha value is -3.04. The first-order valence-corrected chi connectivity index (χ1v) is 12.8. The molecule has 1 saturated heterocycles. The second-order valence-corrected chi connectivity index (χ2v) is 9.47. The van der Waals surface area contributed by atoms with Crippen LogP contribution in [0, 0.1) is 0 Å². The molecule has 1 unspecified atom stereocenters. The number of rotatable bonds is 11. The van der Waals surface area contributed by atoms with E-state index in [1.165, 1.54) is 0 Å². The van der Waals surface area contributed by atoms with Crippen LogP contribution < -0.4 is 10.6 Å². The predicted octanol–water partition coefficient (Wildman–Crippen LogP) is 4.80. The summed E-state index contributed by atoms with van der Waals surface area (Å²) < 4.78 is 23.6. The van der Waals surface area contributed by atoms with Crippen molar-refractivity contribution in [3.63, 3.8) is 0 Å². The number of urea groups is 2. The molecule has 0 bridgehead atoms. The molecule has 2 aromatic rings. The van der Waals surface area contributed by atoms with Gasteiger partial charge in [-0.1, -0.05) is 48.5 Å². The molecule has 10 nitrogen and oxygen atoms in total. The minimum Gasteiger partial charge on any atom is -0.326 e. The van der Waals surface area contributed by atoms with Crippen LogP contribution in [0.5, 0.6) is 0 Å². The van der Waals surface area contributed by atoms with Gasteiger partial charge in [-0.25, -0.2) is 9.59 Å². The smallest absolute Gasteiger partial charge is 0.326 e. The standard InChI is InChI=1S/C23H29N4O6P/c1-3-32-34(30,33-4-2)16-15-20-21(26-22(28)24-19-13-9-6-10-14-19)27(23(29)25-20)31-17-18-11-7-5-8-12-18/h5-14,20H,3-4,15-17H2,1-2H3,(H,24,28)(H,25,29). The number of aliphatic imine (C=N–C) groups is 1. The van der Waals surface area contributed by atoms with Gasteiger partial charge in [0.15, 0.2) is 5.84 Å². The van der Waals surface area contributed by atoms with Crippen LogP contribution in [0.2, 0.25) is 0 Å². The number of anilines is 1. The van der Waals surface area contributed by atoms with Crippen LogP contribution in [0.15, 0.2) is 65.7 Å². The highest BCUT2D eigenvalue weighted by molar-refractivity contribution is 7.53. The second-order valence-electron chi connectivity index (χ2n) is 7.28. The molecule has 1 aliphatic rings. The number of carbonyl (C=O) groups excluding carboxylic acids is 2. The number of benzene rings is 2. The molecule has 1 atom stereocenters. The van der Waals surface area contributed by atoms with E-state index in [-0.39, 0.29) is 38.2 Å². The van der Waals surface area contributed by atoms with Gasteiger partial charge in [-0.05, 0) is 38.0 Å². The molecule has 0 spiro atoms. The number of nitrogens with one attached hydrogen (secondary N) is 2. The highest BCUT2D eigenvalue weighted by atomic mass is 31.2. The number of amides is 4. The molecule has 0 saturated carbocycles. The number of carbonyl (C=O) groups is 2. The molecule has 1 fully saturated rings. The van der Waals surface area contributed by atoms with E-state index in [0.717, 1.165) is 10.6 Å². The lowest BCUT2D eigenvalue weighted by molar-refractivity contribution is -0.0677. The van der Waals surface area contributed by atoms with Crippen LogP contribution >= 0.6 is 7.60 Å². The number of amidine groups is 1. The Morgan fingerprint density at radius 3 is 2.29 bits per heavy atom. The summed E-state index contributed by atoms with van der Waals surface area (Å²) in [5, 5.41) is 6.36. The average Bonchev–Trinajstić information content (AvgIpc) is 3.12. The molecule has 1 aliphatic heterocycles. The molecule has 1 heterocycles. The van der Waals surface area contributed by atoms with Crippen LogP contribution in [-0.2, 0) is 25.1 Å².